The van der Waals surface area contributed by atoms with E-state index in [2.05, 4.69) is 14.9 Å². The Kier molecular flexibility index (Phi) is 1.69. The lowest BCUT2D eigenvalue weighted by molar-refractivity contribution is 0.709. The largest absolute Gasteiger partial charge is 0.528 e. The Morgan fingerprint density at radius 2 is 2.00 bits per heavy atom. The first-order valence-corrected chi connectivity index (χ1v) is 4.07. The van der Waals surface area contributed by atoms with E-state index in [0.29, 0.717) is 0 Å². The summed E-state index contributed by atoms with van der Waals surface area (Å²) in [5.41, 5.74) is -0.692. The van der Waals surface area contributed by atoms with E-state index in [4.69, 9.17) is 5.39 Å². The average Bonchev–Trinajstić information content (AvgIpc) is 2.67. The molecule has 0 radical (unpaired) electrons. The third-order valence-corrected chi connectivity index (χ3v) is 2.18. The summed E-state index contributed by atoms with van der Waals surface area (Å²) < 4.78 is 2.14. The van der Waals surface area contributed by atoms with Crippen LogP contribution in [0, 0.1) is 5.39 Å². The van der Waals surface area contributed by atoms with Gasteiger partial charge in [-0.25, -0.2) is 9.78 Å². The highest BCUT2D eigenvalue weighted by Gasteiger charge is 2.20. The zero-order valence-corrected chi connectivity index (χ0v) is 8.05. The van der Waals surface area contributed by atoms with Crippen molar-refractivity contribution in [1.82, 2.24) is 19.1 Å². The number of diazo groups is 1. The quantitative estimate of drug-likeness (QED) is 0.585. The Morgan fingerprint density at radius 1 is 1.33 bits per heavy atom. The van der Waals surface area contributed by atoms with Gasteiger partial charge in [0.25, 0.3) is 11.2 Å². The summed E-state index contributed by atoms with van der Waals surface area (Å²) in [5.74, 6) is -0.108. The number of nitrogens with zero attached hydrogens (tertiary/aromatic N) is 5. The Morgan fingerprint density at radius 3 is 2.60 bits per heavy atom. The molecule has 0 aliphatic carbocycles. The van der Waals surface area contributed by atoms with Crippen LogP contribution in [0.4, 0.5) is 5.95 Å². The molecule has 2 aromatic heterocycles. The van der Waals surface area contributed by atoms with Crippen molar-refractivity contribution in [3.8, 4) is 0 Å². The van der Waals surface area contributed by atoms with Gasteiger partial charge in [0.2, 0.25) is 5.52 Å². The highest BCUT2D eigenvalue weighted by molar-refractivity contribution is 5.72. The molecule has 0 spiro atoms. The lowest BCUT2D eigenvalue weighted by Gasteiger charge is -1.97. The average molecular weight is 207 g/mol. The number of hydrogen-bond donors (Lipinski definition) is 1. The Bertz CT molecular complexity index is 697. The van der Waals surface area contributed by atoms with Gasteiger partial charge in [-0.1, -0.05) is 0 Å². The highest BCUT2D eigenvalue weighted by Crippen LogP contribution is 2.10. The summed E-state index contributed by atoms with van der Waals surface area (Å²) in [6.07, 6.45) is 0. The van der Waals surface area contributed by atoms with E-state index in [1.165, 1.54) is 18.7 Å². The van der Waals surface area contributed by atoms with Gasteiger partial charge in [0.15, 0.2) is 0 Å². The highest BCUT2D eigenvalue weighted by atomic mass is 16.2. The fourth-order valence-electron chi connectivity index (χ4n) is 1.36. The van der Waals surface area contributed by atoms with Gasteiger partial charge in [-0.3, -0.25) is 13.9 Å². The molecule has 0 fully saturated rings. The molecule has 0 saturated heterocycles. The van der Waals surface area contributed by atoms with Crippen molar-refractivity contribution in [3.05, 3.63) is 25.8 Å². The molecule has 8 heteroatoms. The molecule has 2 heterocycles. The minimum Gasteiger partial charge on any atom is -0.265 e. The number of imidazole rings is 1. The summed E-state index contributed by atoms with van der Waals surface area (Å²) in [4.78, 5) is 32.2. The number of aryl methyl sites for hydroxylation is 1. The van der Waals surface area contributed by atoms with Crippen LogP contribution in [0.5, 0.6) is 0 Å². The van der Waals surface area contributed by atoms with Gasteiger partial charge < -0.3 is 0 Å². The number of rotatable bonds is 0. The zero-order valence-electron chi connectivity index (χ0n) is 8.05. The normalized spacial score (nSPS) is 10.5. The van der Waals surface area contributed by atoms with Crippen LogP contribution in [-0.4, -0.2) is 19.1 Å². The van der Waals surface area contributed by atoms with Crippen molar-refractivity contribution < 1.29 is 0 Å². The van der Waals surface area contributed by atoms with Crippen molar-refractivity contribution >= 4 is 17.1 Å². The fraction of sp³-hybridized carbons (Fsp3) is 0.286. The summed E-state index contributed by atoms with van der Waals surface area (Å²) in [6.45, 7) is 0. The molecule has 8 nitrogen and oxygen atoms in total. The summed E-state index contributed by atoms with van der Waals surface area (Å²) in [5, 5.41) is 8.49. The molecule has 0 bridgehead atoms. The topological polar surface area (TPSA) is 101 Å². The van der Waals surface area contributed by atoms with E-state index in [9.17, 15) is 9.59 Å². The minimum absolute atomic E-state index is 0.108. The Balaban J connectivity index is 3.13. The smallest absolute Gasteiger partial charge is 0.265 e. The number of aromatic amines is 1. The third kappa shape index (κ3) is 1.06. The first-order chi connectivity index (χ1) is 7.06. The molecule has 0 aliphatic heterocycles. The fourth-order valence-corrected chi connectivity index (χ4v) is 1.36. The molecule has 15 heavy (non-hydrogen) atoms. The predicted octanol–water partition coefficient (Wildman–Crippen LogP) is -0.555. The van der Waals surface area contributed by atoms with E-state index in [1.807, 2.05) is 0 Å². The van der Waals surface area contributed by atoms with E-state index in [0.717, 1.165) is 4.57 Å². The van der Waals surface area contributed by atoms with Crippen LogP contribution in [0.15, 0.2) is 9.59 Å². The maximum atomic E-state index is 11.6. The molecule has 0 atom stereocenters. The molecule has 0 aromatic carbocycles. The van der Waals surface area contributed by atoms with Crippen molar-refractivity contribution in [1.29, 1.82) is 5.39 Å². The maximum Gasteiger partial charge on any atom is 0.528 e. The predicted molar refractivity (Wildman–Crippen MR) is 51.3 cm³/mol. The third-order valence-electron chi connectivity index (χ3n) is 2.18. The minimum atomic E-state index is -0.504. The molecular formula is C7H7N6O2+. The van der Waals surface area contributed by atoms with Gasteiger partial charge in [-0.15, -0.1) is 0 Å². The van der Waals surface area contributed by atoms with Crippen LogP contribution in [0.1, 0.15) is 0 Å². The van der Waals surface area contributed by atoms with Crippen LogP contribution in [-0.2, 0) is 14.1 Å². The van der Waals surface area contributed by atoms with Crippen LogP contribution >= 0.6 is 0 Å². The lowest BCUT2D eigenvalue weighted by atomic mass is 10.5. The van der Waals surface area contributed by atoms with E-state index < -0.39 is 11.2 Å². The second-order valence-electron chi connectivity index (χ2n) is 3.06. The SMILES string of the molecule is Cn1c(=O)c2[nH]c([N+]#N)nc2n(C)c1=O. The molecule has 0 aliphatic rings. The molecule has 0 unspecified atom stereocenters. The van der Waals surface area contributed by atoms with Gasteiger partial charge in [0.1, 0.15) is 0 Å². The van der Waals surface area contributed by atoms with Gasteiger partial charge in [0.05, 0.1) is 5.39 Å². The molecule has 2 aromatic rings. The number of H-pyrrole nitrogens is 1. The number of hydrogen-bond acceptors (Lipinski definition) is 4. The number of aromatic nitrogens is 4. The molecule has 0 saturated carbocycles. The van der Waals surface area contributed by atoms with Crippen LogP contribution in [0.3, 0.4) is 0 Å². The Hall–Kier alpha value is -2.43. The molecule has 1 N–H and O–H groups in total. The van der Waals surface area contributed by atoms with Gasteiger partial charge in [-0.05, 0) is 9.96 Å². The lowest BCUT2D eigenvalue weighted by Crippen LogP contribution is -2.36. The monoisotopic (exact) mass is 207 g/mol. The number of fused-ring (bicyclic) bond motifs is 1. The maximum absolute atomic E-state index is 11.6. The summed E-state index contributed by atoms with van der Waals surface area (Å²) in [6, 6.07) is 0. The summed E-state index contributed by atoms with van der Waals surface area (Å²) >= 11 is 0. The van der Waals surface area contributed by atoms with E-state index in [-0.39, 0.29) is 17.1 Å². The standard InChI is InChI=1S/C7H6N6O2/c1-12-4-3(9-6(10-4)11-8)5(14)13(2)7(12)15/h1-2H3/p+1. The van der Waals surface area contributed by atoms with Crippen LogP contribution in [0.2, 0.25) is 0 Å². The molecule has 0 amide bonds. The first-order valence-electron chi connectivity index (χ1n) is 4.07. The Labute approximate surface area is 82.4 Å². The number of nitrogens with one attached hydrogen (secondary N) is 1. The van der Waals surface area contributed by atoms with E-state index >= 15 is 0 Å². The van der Waals surface area contributed by atoms with Gasteiger partial charge in [0, 0.05) is 14.1 Å². The van der Waals surface area contributed by atoms with Gasteiger partial charge >= 0.3 is 11.6 Å². The second kappa shape index (κ2) is 2.78. The summed E-state index contributed by atoms with van der Waals surface area (Å²) in [7, 11) is 2.84. The molecule has 2 rings (SSSR count). The van der Waals surface area contributed by atoms with Crippen molar-refractivity contribution in [2.24, 2.45) is 14.1 Å². The molecular weight excluding hydrogens is 200 g/mol. The first kappa shape index (κ1) is 9.14. The van der Waals surface area contributed by atoms with E-state index in [1.54, 1.807) is 0 Å². The van der Waals surface area contributed by atoms with Crippen molar-refractivity contribution in [2.45, 2.75) is 0 Å². The molecule has 76 valence electrons. The second-order valence-corrected chi connectivity index (χ2v) is 3.06. The van der Waals surface area contributed by atoms with Gasteiger partial charge in [-0.2, -0.15) is 0 Å². The zero-order chi connectivity index (χ0) is 11.2. The van der Waals surface area contributed by atoms with Crippen molar-refractivity contribution in [3.63, 3.8) is 0 Å². The van der Waals surface area contributed by atoms with Crippen molar-refractivity contribution in [2.75, 3.05) is 0 Å². The van der Waals surface area contributed by atoms with Crippen LogP contribution < -0.4 is 11.2 Å². The van der Waals surface area contributed by atoms with Crippen LogP contribution in [0.25, 0.3) is 16.1 Å².